The van der Waals surface area contributed by atoms with E-state index in [2.05, 4.69) is 18.3 Å². The molecule has 1 heterocycles. The number of nitrogens with zero attached hydrogens (tertiary/aromatic N) is 1. The van der Waals surface area contributed by atoms with Gasteiger partial charge >= 0.3 is 6.03 Å². The molecule has 2 N–H and O–H groups in total. The lowest BCUT2D eigenvalue weighted by atomic mass is 9.99. The number of piperidine rings is 1. The summed E-state index contributed by atoms with van der Waals surface area (Å²) in [4.78, 5) is 14.1. The number of nitrogens with one attached hydrogen (secondary N) is 1. The van der Waals surface area contributed by atoms with Crippen molar-refractivity contribution in [1.29, 1.82) is 0 Å². The highest BCUT2D eigenvalue weighted by molar-refractivity contribution is 5.90. The standard InChI is InChI=1S/C16H24N2O2/c1-2-6-14-8-3-4-9-15(14)17-16(20)18-10-5-7-13(11-18)12-19/h3-4,8-9,13,19H,2,5-7,10-12H2,1H3,(H,17,20). The summed E-state index contributed by atoms with van der Waals surface area (Å²) < 4.78 is 0. The maximum atomic E-state index is 12.3. The second kappa shape index (κ2) is 7.29. The number of carbonyl (C=O) groups excluding carboxylic acids is 1. The highest BCUT2D eigenvalue weighted by Gasteiger charge is 2.23. The minimum atomic E-state index is -0.0493. The molecule has 1 fully saturated rings. The summed E-state index contributed by atoms with van der Waals surface area (Å²) in [5.41, 5.74) is 2.09. The SMILES string of the molecule is CCCc1ccccc1NC(=O)N1CCCC(CO)C1. The first-order valence-electron chi connectivity index (χ1n) is 7.49. The van der Waals surface area contributed by atoms with Gasteiger partial charge in [-0.05, 0) is 36.8 Å². The first-order valence-corrected chi connectivity index (χ1v) is 7.49. The molecule has 0 radical (unpaired) electrons. The molecule has 1 unspecified atom stereocenters. The van der Waals surface area contributed by atoms with E-state index in [1.165, 1.54) is 5.56 Å². The minimum Gasteiger partial charge on any atom is -0.396 e. The zero-order chi connectivity index (χ0) is 14.4. The number of rotatable bonds is 4. The van der Waals surface area contributed by atoms with Gasteiger partial charge in [-0.15, -0.1) is 0 Å². The van der Waals surface area contributed by atoms with Crippen molar-refractivity contribution < 1.29 is 9.90 Å². The van der Waals surface area contributed by atoms with Crippen LogP contribution in [0, 0.1) is 5.92 Å². The molecule has 0 spiro atoms. The van der Waals surface area contributed by atoms with Crippen molar-refractivity contribution in [3.8, 4) is 0 Å². The molecular formula is C16H24N2O2. The van der Waals surface area contributed by atoms with Gasteiger partial charge in [-0.1, -0.05) is 31.5 Å². The molecule has 2 amide bonds. The summed E-state index contributed by atoms with van der Waals surface area (Å²) in [5, 5.41) is 12.3. The van der Waals surface area contributed by atoms with E-state index >= 15 is 0 Å². The van der Waals surface area contributed by atoms with E-state index in [0.717, 1.165) is 37.9 Å². The van der Waals surface area contributed by atoms with Crippen molar-refractivity contribution in [3.05, 3.63) is 29.8 Å². The normalized spacial score (nSPS) is 18.9. The van der Waals surface area contributed by atoms with Gasteiger partial charge in [-0.25, -0.2) is 4.79 Å². The third kappa shape index (κ3) is 3.73. The lowest BCUT2D eigenvalue weighted by molar-refractivity contribution is 0.136. The smallest absolute Gasteiger partial charge is 0.321 e. The van der Waals surface area contributed by atoms with Crippen molar-refractivity contribution in [2.24, 2.45) is 5.92 Å². The van der Waals surface area contributed by atoms with Crippen LogP contribution in [0.15, 0.2) is 24.3 Å². The molecule has 110 valence electrons. The van der Waals surface area contributed by atoms with Crippen LogP contribution in [-0.2, 0) is 6.42 Å². The molecule has 1 aromatic carbocycles. The molecule has 1 aliphatic rings. The van der Waals surface area contributed by atoms with E-state index in [1.807, 2.05) is 23.1 Å². The van der Waals surface area contributed by atoms with Gasteiger partial charge < -0.3 is 15.3 Å². The van der Waals surface area contributed by atoms with E-state index in [-0.39, 0.29) is 18.6 Å². The van der Waals surface area contributed by atoms with Gasteiger partial charge in [-0.3, -0.25) is 0 Å². The van der Waals surface area contributed by atoms with Crippen LogP contribution >= 0.6 is 0 Å². The van der Waals surface area contributed by atoms with Gasteiger partial charge in [0.25, 0.3) is 0 Å². The van der Waals surface area contributed by atoms with Crippen LogP contribution in [-0.4, -0.2) is 35.7 Å². The number of aliphatic hydroxyl groups is 1. The first kappa shape index (κ1) is 14.9. The average Bonchev–Trinajstić information content (AvgIpc) is 2.49. The van der Waals surface area contributed by atoms with E-state index in [1.54, 1.807) is 0 Å². The Kier molecular flexibility index (Phi) is 5.41. The van der Waals surface area contributed by atoms with E-state index < -0.39 is 0 Å². The zero-order valence-electron chi connectivity index (χ0n) is 12.1. The van der Waals surface area contributed by atoms with Crippen molar-refractivity contribution in [3.63, 3.8) is 0 Å². The molecule has 1 saturated heterocycles. The number of anilines is 1. The third-order valence-electron chi connectivity index (χ3n) is 3.84. The number of hydrogen-bond donors (Lipinski definition) is 2. The predicted molar refractivity (Wildman–Crippen MR) is 80.8 cm³/mol. The lowest BCUT2D eigenvalue weighted by Crippen LogP contribution is -2.43. The van der Waals surface area contributed by atoms with Crippen LogP contribution in [0.25, 0.3) is 0 Å². The monoisotopic (exact) mass is 276 g/mol. The van der Waals surface area contributed by atoms with E-state index in [9.17, 15) is 9.90 Å². The summed E-state index contributed by atoms with van der Waals surface area (Å²) in [6.07, 6.45) is 4.00. The van der Waals surface area contributed by atoms with Crippen molar-refractivity contribution in [2.45, 2.75) is 32.6 Å². The average molecular weight is 276 g/mol. The summed E-state index contributed by atoms with van der Waals surface area (Å²) in [5.74, 6) is 0.223. The Morgan fingerprint density at radius 3 is 3.00 bits per heavy atom. The van der Waals surface area contributed by atoms with E-state index in [0.29, 0.717) is 6.54 Å². The van der Waals surface area contributed by atoms with Crippen LogP contribution in [0.5, 0.6) is 0 Å². The topological polar surface area (TPSA) is 52.6 Å². The number of hydrogen-bond acceptors (Lipinski definition) is 2. The number of likely N-dealkylation sites (tertiary alicyclic amines) is 1. The lowest BCUT2D eigenvalue weighted by Gasteiger charge is -2.32. The molecule has 1 aromatic rings. The molecule has 1 aliphatic heterocycles. The van der Waals surface area contributed by atoms with Gasteiger partial charge in [0.15, 0.2) is 0 Å². The number of aliphatic hydroxyl groups excluding tert-OH is 1. The predicted octanol–water partition coefficient (Wildman–Crippen LogP) is 2.88. The highest BCUT2D eigenvalue weighted by atomic mass is 16.3. The van der Waals surface area contributed by atoms with Gasteiger partial charge in [0.2, 0.25) is 0 Å². The van der Waals surface area contributed by atoms with Crippen molar-refractivity contribution in [1.82, 2.24) is 4.90 Å². The van der Waals surface area contributed by atoms with Crippen molar-refractivity contribution >= 4 is 11.7 Å². The van der Waals surface area contributed by atoms with Gasteiger partial charge in [0.05, 0.1) is 0 Å². The Hall–Kier alpha value is -1.55. The number of urea groups is 1. The maximum Gasteiger partial charge on any atom is 0.321 e. The molecule has 2 rings (SSSR count). The largest absolute Gasteiger partial charge is 0.396 e. The molecular weight excluding hydrogens is 252 g/mol. The molecule has 0 bridgehead atoms. The minimum absolute atomic E-state index is 0.0493. The van der Waals surface area contributed by atoms with Crippen LogP contribution in [0.4, 0.5) is 10.5 Å². The van der Waals surface area contributed by atoms with Crippen LogP contribution in [0.2, 0.25) is 0 Å². The van der Waals surface area contributed by atoms with Crippen LogP contribution in [0.1, 0.15) is 31.7 Å². The molecule has 0 aliphatic carbocycles. The fourth-order valence-electron chi connectivity index (χ4n) is 2.72. The second-order valence-corrected chi connectivity index (χ2v) is 5.47. The first-order chi connectivity index (χ1) is 9.74. The molecule has 20 heavy (non-hydrogen) atoms. The van der Waals surface area contributed by atoms with E-state index in [4.69, 9.17) is 0 Å². The van der Waals surface area contributed by atoms with Crippen LogP contribution < -0.4 is 5.32 Å². The highest BCUT2D eigenvalue weighted by Crippen LogP contribution is 2.20. The maximum absolute atomic E-state index is 12.3. The fourth-order valence-corrected chi connectivity index (χ4v) is 2.72. The Labute approximate surface area is 120 Å². The summed E-state index contributed by atoms with van der Waals surface area (Å²) in [6, 6.07) is 7.92. The third-order valence-corrected chi connectivity index (χ3v) is 3.84. The quantitative estimate of drug-likeness (QED) is 0.888. The molecule has 4 heteroatoms. The number of benzene rings is 1. The zero-order valence-corrected chi connectivity index (χ0v) is 12.1. The summed E-state index contributed by atoms with van der Waals surface area (Å²) >= 11 is 0. The fraction of sp³-hybridized carbons (Fsp3) is 0.562. The Balaban J connectivity index is 2.00. The van der Waals surface area contributed by atoms with Gasteiger partial charge in [0, 0.05) is 25.4 Å². The Bertz CT molecular complexity index is 448. The number of amides is 2. The molecule has 0 saturated carbocycles. The summed E-state index contributed by atoms with van der Waals surface area (Å²) in [6.45, 7) is 3.72. The molecule has 1 atom stereocenters. The Morgan fingerprint density at radius 1 is 1.45 bits per heavy atom. The van der Waals surface area contributed by atoms with Crippen molar-refractivity contribution in [2.75, 3.05) is 25.0 Å². The number of aryl methyl sites for hydroxylation is 1. The van der Waals surface area contributed by atoms with Gasteiger partial charge in [-0.2, -0.15) is 0 Å². The summed E-state index contributed by atoms with van der Waals surface area (Å²) in [7, 11) is 0. The number of para-hydroxylation sites is 1. The number of carbonyl (C=O) groups is 1. The Morgan fingerprint density at radius 2 is 2.25 bits per heavy atom. The van der Waals surface area contributed by atoms with Crippen LogP contribution in [0.3, 0.4) is 0 Å². The molecule has 0 aromatic heterocycles. The molecule has 4 nitrogen and oxygen atoms in total. The van der Waals surface area contributed by atoms with Gasteiger partial charge in [0.1, 0.15) is 0 Å². The second-order valence-electron chi connectivity index (χ2n) is 5.47.